The number of carbonyl (C=O) groups excluding carboxylic acids is 2. The first kappa shape index (κ1) is 32.1. The van der Waals surface area contributed by atoms with Crippen molar-refractivity contribution in [3.63, 3.8) is 0 Å². The number of nitrogens with two attached hydrogens (primary N) is 1. The minimum absolute atomic E-state index is 0.127. The maximum atomic E-state index is 13.4. The van der Waals surface area contributed by atoms with Gasteiger partial charge in [0.05, 0.1) is 11.4 Å². The molecule has 4 aromatic rings. The molecule has 6 rings (SSSR count). The summed E-state index contributed by atoms with van der Waals surface area (Å²) in [5.41, 5.74) is 12.9. The van der Waals surface area contributed by atoms with Crippen molar-refractivity contribution < 1.29 is 9.59 Å². The van der Waals surface area contributed by atoms with Gasteiger partial charge in [-0.15, -0.1) is 0 Å². The lowest BCUT2D eigenvalue weighted by atomic mass is 10.0. The maximum Gasteiger partial charge on any atom is 0.319 e. The highest BCUT2D eigenvalue weighted by molar-refractivity contribution is 5.94. The first-order chi connectivity index (χ1) is 23.0. The summed E-state index contributed by atoms with van der Waals surface area (Å²) in [6.07, 6.45) is 4.62. The van der Waals surface area contributed by atoms with E-state index in [0.717, 1.165) is 90.5 Å². The predicted octanol–water partition coefficient (Wildman–Crippen LogP) is 6.00. The molecule has 2 fully saturated rings. The van der Waals surface area contributed by atoms with Crippen LogP contribution >= 0.6 is 0 Å². The number of rotatable bonds is 12. The summed E-state index contributed by atoms with van der Waals surface area (Å²) >= 11 is 0. The Morgan fingerprint density at radius 1 is 0.830 bits per heavy atom. The number of carbonyl (C=O) groups is 2. The summed E-state index contributed by atoms with van der Waals surface area (Å²) in [4.78, 5) is 37.4. The molecule has 3 aromatic carbocycles. The van der Waals surface area contributed by atoms with Crippen LogP contribution in [0.4, 0.5) is 22.0 Å². The summed E-state index contributed by atoms with van der Waals surface area (Å²) in [6, 6.07) is 28.6. The van der Waals surface area contributed by atoms with Gasteiger partial charge < -0.3 is 31.1 Å². The molecule has 1 saturated heterocycles. The monoisotopic (exact) mass is 631 g/mol. The van der Waals surface area contributed by atoms with Crippen molar-refractivity contribution in [2.75, 3.05) is 47.8 Å². The van der Waals surface area contributed by atoms with Crippen LogP contribution in [-0.4, -0.2) is 54.5 Å². The smallest absolute Gasteiger partial charge is 0.319 e. The molecule has 0 spiro atoms. The summed E-state index contributed by atoms with van der Waals surface area (Å²) in [7, 11) is 0. The van der Waals surface area contributed by atoms with Crippen molar-refractivity contribution >= 4 is 29.1 Å². The zero-order valence-electron chi connectivity index (χ0n) is 27.2. The van der Waals surface area contributed by atoms with E-state index in [1.807, 2.05) is 54.4 Å². The van der Waals surface area contributed by atoms with E-state index in [-0.39, 0.29) is 17.9 Å². The summed E-state index contributed by atoms with van der Waals surface area (Å²) < 4.78 is 0. The van der Waals surface area contributed by atoms with Gasteiger partial charge in [-0.1, -0.05) is 61.5 Å². The number of aromatic nitrogens is 1. The highest BCUT2D eigenvalue weighted by atomic mass is 16.2. The zero-order chi connectivity index (χ0) is 32.6. The Bertz CT molecular complexity index is 1670. The van der Waals surface area contributed by atoms with Gasteiger partial charge in [-0.2, -0.15) is 0 Å². The van der Waals surface area contributed by atoms with Crippen molar-refractivity contribution in [2.24, 2.45) is 11.7 Å². The molecule has 0 bridgehead atoms. The number of urea groups is 1. The SMILES string of the molecule is CCCNC(=O)Nc1cc(-c2cccc(CN(Cc3cccc(CN)c3)C(=O)C3CC3)c2)ccc1N1CCN(c2ccccn2)CC1. The number of hydrogen-bond acceptors (Lipinski definition) is 6. The third kappa shape index (κ3) is 8.29. The quantitative estimate of drug-likeness (QED) is 0.177. The molecule has 3 amide bonds. The average Bonchev–Trinajstić information content (AvgIpc) is 3.97. The Morgan fingerprint density at radius 3 is 2.23 bits per heavy atom. The van der Waals surface area contributed by atoms with Crippen molar-refractivity contribution in [1.29, 1.82) is 0 Å². The predicted molar refractivity (Wildman–Crippen MR) is 189 cm³/mol. The molecule has 0 unspecified atom stereocenters. The number of nitrogens with one attached hydrogen (secondary N) is 2. The van der Waals surface area contributed by atoms with Gasteiger partial charge in [0, 0.05) is 64.5 Å². The molecule has 47 heavy (non-hydrogen) atoms. The number of anilines is 3. The van der Waals surface area contributed by atoms with E-state index in [2.05, 4.69) is 73.9 Å². The summed E-state index contributed by atoms with van der Waals surface area (Å²) in [5.74, 6) is 1.33. The highest BCUT2D eigenvalue weighted by Crippen LogP contribution is 2.35. The first-order valence-electron chi connectivity index (χ1n) is 16.8. The number of nitrogens with zero attached hydrogens (tertiary/aromatic N) is 4. The van der Waals surface area contributed by atoms with Gasteiger partial charge in [0.2, 0.25) is 5.91 Å². The van der Waals surface area contributed by atoms with Crippen LogP contribution in [0.2, 0.25) is 0 Å². The molecule has 9 nitrogen and oxygen atoms in total. The van der Waals surface area contributed by atoms with Crippen LogP contribution in [0.15, 0.2) is 91.1 Å². The van der Waals surface area contributed by atoms with Crippen LogP contribution in [0.5, 0.6) is 0 Å². The van der Waals surface area contributed by atoms with Gasteiger partial charge in [0.15, 0.2) is 0 Å². The van der Waals surface area contributed by atoms with Crippen molar-refractivity contribution in [1.82, 2.24) is 15.2 Å². The zero-order valence-corrected chi connectivity index (χ0v) is 27.2. The molecule has 1 aliphatic carbocycles. The molecule has 0 radical (unpaired) electrons. The fourth-order valence-electron chi connectivity index (χ4n) is 6.16. The fraction of sp³-hybridized carbons (Fsp3) is 0.342. The molecule has 9 heteroatoms. The lowest BCUT2D eigenvalue weighted by Gasteiger charge is -2.37. The first-order valence-corrected chi connectivity index (χ1v) is 16.8. The molecule has 4 N–H and O–H groups in total. The minimum Gasteiger partial charge on any atom is -0.366 e. The van der Waals surface area contributed by atoms with Crippen LogP contribution in [0, 0.1) is 5.92 Å². The average molecular weight is 632 g/mol. The Kier molecular flexibility index (Phi) is 10.3. The van der Waals surface area contributed by atoms with Crippen LogP contribution in [0.25, 0.3) is 11.1 Å². The van der Waals surface area contributed by atoms with Gasteiger partial charge in [-0.3, -0.25) is 4.79 Å². The largest absolute Gasteiger partial charge is 0.366 e. The summed E-state index contributed by atoms with van der Waals surface area (Å²) in [5, 5.41) is 6.09. The highest BCUT2D eigenvalue weighted by Gasteiger charge is 2.33. The third-order valence-electron chi connectivity index (χ3n) is 8.85. The van der Waals surface area contributed by atoms with Crippen molar-refractivity contribution in [3.8, 4) is 11.1 Å². The van der Waals surface area contributed by atoms with Crippen LogP contribution in [-0.2, 0) is 24.4 Å². The van der Waals surface area contributed by atoms with Crippen LogP contribution in [0.3, 0.4) is 0 Å². The lowest BCUT2D eigenvalue weighted by Crippen LogP contribution is -2.47. The van der Waals surface area contributed by atoms with Gasteiger partial charge in [0.1, 0.15) is 5.82 Å². The van der Waals surface area contributed by atoms with Gasteiger partial charge in [-0.25, -0.2) is 9.78 Å². The van der Waals surface area contributed by atoms with E-state index < -0.39 is 0 Å². The number of benzene rings is 3. The standard InChI is InChI=1S/C38H45N7O2/c1-2-16-41-38(47)42-34-24-33(14-15-35(34)43-18-20-44(21-19-43)36-11-3-4-17-40-36)32-10-6-9-30(23-32)27-45(37(46)31-12-13-31)26-29-8-5-7-28(22-29)25-39/h3-11,14-15,17,22-24,31H,2,12-13,16,18-21,25-27,39H2,1H3,(H2,41,42,47). The van der Waals surface area contributed by atoms with Gasteiger partial charge in [-0.05, 0) is 77.4 Å². The normalized spacial score (nSPS) is 14.5. The van der Waals surface area contributed by atoms with E-state index in [1.165, 1.54) is 0 Å². The van der Waals surface area contributed by atoms with Gasteiger partial charge >= 0.3 is 6.03 Å². The Morgan fingerprint density at radius 2 is 1.53 bits per heavy atom. The number of hydrogen-bond donors (Lipinski definition) is 3. The second kappa shape index (κ2) is 15.1. The van der Waals surface area contributed by atoms with Gasteiger partial charge in [0.25, 0.3) is 0 Å². The minimum atomic E-state index is -0.209. The second-order valence-electron chi connectivity index (χ2n) is 12.5. The molecule has 2 heterocycles. The topological polar surface area (TPSA) is 107 Å². The third-order valence-corrected chi connectivity index (χ3v) is 8.85. The maximum absolute atomic E-state index is 13.4. The van der Waals surface area contributed by atoms with E-state index in [4.69, 9.17) is 5.73 Å². The van der Waals surface area contributed by atoms with E-state index >= 15 is 0 Å². The second-order valence-corrected chi connectivity index (χ2v) is 12.5. The lowest BCUT2D eigenvalue weighted by molar-refractivity contribution is -0.133. The van der Waals surface area contributed by atoms with E-state index in [1.54, 1.807) is 0 Å². The molecule has 244 valence electrons. The molecule has 1 saturated carbocycles. The van der Waals surface area contributed by atoms with Crippen LogP contribution < -0.4 is 26.2 Å². The van der Waals surface area contributed by atoms with E-state index in [9.17, 15) is 9.59 Å². The molecule has 0 atom stereocenters. The van der Waals surface area contributed by atoms with Crippen molar-refractivity contribution in [3.05, 3.63) is 108 Å². The van der Waals surface area contributed by atoms with Crippen LogP contribution in [0.1, 0.15) is 42.9 Å². The number of piperazine rings is 1. The number of pyridine rings is 1. The Hall–Kier alpha value is -4.89. The molecule has 1 aliphatic heterocycles. The molecular formula is C38H45N7O2. The van der Waals surface area contributed by atoms with Crippen molar-refractivity contribution in [2.45, 2.75) is 45.8 Å². The summed E-state index contributed by atoms with van der Waals surface area (Å²) in [6.45, 7) is 7.52. The Balaban J connectivity index is 1.23. The Labute approximate surface area is 277 Å². The fourth-order valence-corrected chi connectivity index (χ4v) is 6.16. The molecule has 1 aromatic heterocycles. The van der Waals surface area contributed by atoms with E-state index in [0.29, 0.717) is 26.2 Å². The number of amides is 3. The molecular weight excluding hydrogens is 586 g/mol. The molecule has 2 aliphatic rings.